The first kappa shape index (κ1) is 44.9. The zero-order valence-electron chi connectivity index (χ0n) is 42.6. The van der Waals surface area contributed by atoms with E-state index in [-0.39, 0.29) is 6.04 Å². The third-order valence-electron chi connectivity index (χ3n) is 17.4. The molecule has 0 spiro atoms. The minimum absolute atomic E-state index is 0.0473. The minimum Gasteiger partial charge on any atom is -0.334 e. The van der Waals surface area contributed by atoms with E-state index in [0.717, 1.165) is 23.5 Å². The third-order valence-corrected chi connectivity index (χ3v) is 17.4. The van der Waals surface area contributed by atoms with Crippen molar-refractivity contribution in [2.45, 2.75) is 28.7 Å². The van der Waals surface area contributed by atoms with Gasteiger partial charge >= 0.3 is 0 Å². The molecule has 2 heteroatoms. The Kier molecular flexibility index (Phi) is 10.4. The van der Waals surface area contributed by atoms with Crippen molar-refractivity contribution in [3.63, 3.8) is 0 Å². The smallest absolute Gasteiger partial charge is 0.0742 e. The van der Waals surface area contributed by atoms with E-state index in [1.807, 2.05) is 0 Å². The number of rotatable bonds is 8. The van der Waals surface area contributed by atoms with Gasteiger partial charge in [0.1, 0.15) is 0 Å². The van der Waals surface area contributed by atoms with Gasteiger partial charge in [0.2, 0.25) is 0 Å². The molecule has 0 bridgehead atoms. The van der Waals surface area contributed by atoms with Crippen LogP contribution in [0.4, 0.5) is 28.4 Å². The summed E-state index contributed by atoms with van der Waals surface area (Å²) >= 11 is 0. The van der Waals surface area contributed by atoms with E-state index < -0.39 is 16.2 Å². The highest BCUT2D eigenvalue weighted by Gasteiger charge is 2.52. The second-order valence-corrected chi connectivity index (χ2v) is 21.0. The molecule has 0 saturated carbocycles. The molecule has 0 aromatic heterocycles. The Morgan fingerprint density at radius 2 is 0.662 bits per heavy atom. The number of para-hydroxylation sites is 3. The molecule has 0 saturated heterocycles. The molecule has 0 radical (unpaired) electrons. The number of benzene rings is 11. The average molecular weight is 983 g/mol. The van der Waals surface area contributed by atoms with Crippen LogP contribution in [0, 0.1) is 0 Å². The molecule has 0 fully saturated rings. The van der Waals surface area contributed by atoms with Crippen molar-refractivity contribution in [3.05, 3.63) is 376 Å². The SMILES string of the molecule is C1=CCC2C(=C1)C(c1ccccc1)(c1ccccc1)c1ccccc1N2c1cccc(C2(c3cccc(N4c5ccccc5C(c5ccccc5)(c5ccccc5)c5ccccc54)c3)c3ccccc3-c3ccccc32)c1. The zero-order valence-corrected chi connectivity index (χ0v) is 42.6. The van der Waals surface area contributed by atoms with Crippen LogP contribution in [0.5, 0.6) is 0 Å². The zero-order chi connectivity index (χ0) is 51.0. The van der Waals surface area contributed by atoms with Crippen LogP contribution in [-0.2, 0) is 16.2 Å². The summed E-state index contributed by atoms with van der Waals surface area (Å²) in [7, 11) is 0. The van der Waals surface area contributed by atoms with Crippen molar-refractivity contribution in [1.29, 1.82) is 0 Å². The van der Waals surface area contributed by atoms with Crippen molar-refractivity contribution >= 4 is 28.4 Å². The quantitative estimate of drug-likeness (QED) is 0.150. The van der Waals surface area contributed by atoms with Gasteiger partial charge in [-0.2, -0.15) is 0 Å². The Morgan fingerprint density at radius 3 is 1.17 bits per heavy atom. The van der Waals surface area contributed by atoms with Gasteiger partial charge in [-0.25, -0.2) is 0 Å². The fraction of sp³-hybridized carbons (Fsp3) is 0.0667. The first-order valence-corrected chi connectivity index (χ1v) is 27.1. The summed E-state index contributed by atoms with van der Waals surface area (Å²) in [6.45, 7) is 0. The molecule has 2 aliphatic carbocycles. The monoisotopic (exact) mass is 982 g/mol. The normalized spacial score (nSPS) is 16.7. The van der Waals surface area contributed by atoms with E-state index in [0.29, 0.717) is 0 Å². The molecule has 1 atom stereocenters. The summed E-state index contributed by atoms with van der Waals surface area (Å²) in [5.41, 5.74) is 21.9. The predicted molar refractivity (Wildman–Crippen MR) is 317 cm³/mol. The first-order chi connectivity index (χ1) is 38.2. The molecule has 0 amide bonds. The number of fused-ring (bicyclic) bond motifs is 7. The first-order valence-electron chi connectivity index (χ1n) is 27.1. The van der Waals surface area contributed by atoms with Gasteiger partial charge in [-0.1, -0.05) is 267 Å². The predicted octanol–water partition coefficient (Wildman–Crippen LogP) is 18.0. The van der Waals surface area contributed by atoms with Crippen LogP contribution in [0.2, 0.25) is 0 Å². The number of allylic oxidation sites excluding steroid dienone is 2. The second kappa shape index (κ2) is 17.8. The summed E-state index contributed by atoms with van der Waals surface area (Å²) in [6.07, 6.45) is 7.93. The Labute approximate surface area is 451 Å². The van der Waals surface area contributed by atoms with Crippen molar-refractivity contribution in [2.75, 3.05) is 9.80 Å². The lowest BCUT2D eigenvalue weighted by Crippen LogP contribution is -2.49. The van der Waals surface area contributed by atoms with Crippen molar-refractivity contribution < 1.29 is 0 Å². The number of nitrogens with zero attached hydrogens (tertiary/aromatic N) is 2. The second-order valence-electron chi connectivity index (χ2n) is 21.0. The molecule has 2 heterocycles. The molecular weight excluding hydrogens is 929 g/mol. The standard InChI is InChI=1S/C75H54N2/c1-5-27-53(28-6-1)73(54-29-7-2-8-30-54)65-43-17-21-47-69(65)76(70-48-22-18-44-66(70)73)59-37-25-35-57(51-59)75(63-41-15-13-39-61(63)62-40-14-16-42-64(62)75)58-36-26-38-60(52-58)77-71-49-23-19-45-67(71)74(55-31-9-3-10-32-55,56-33-11-4-12-34-56)68-46-20-24-50-72(68)77/h1-49,51-52,72H,50H2. The van der Waals surface area contributed by atoms with Crippen molar-refractivity contribution in [2.24, 2.45) is 0 Å². The Bertz CT molecular complexity index is 3920. The highest BCUT2D eigenvalue weighted by Crippen LogP contribution is 2.62. The molecule has 4 aliphatic rings. The van der Waals surface area contributed by atoms with Crippen LogP contribution in [0.1, 0.15) is 67.6 Å². The van der Waals surface area contributed by atoms with Gasteiger partial charge in [0.05, 0.1) is 33.7 Å². The van der Waals surface area contributed by atoms with Crippen LogP contribution in [-0.4, -0.2) is 6.04 Å². The minimum atomic E-state index is -0.676. The number of hydrogen-bond acceptors (Lipinski definition) is 2. The van der Waals surface area contributed by atoms with Gasteiger partial charge < -0.3 is 9.80 Å². The summed E-state index contributed by atoms with van der Waals surface area (Å²) in [4.78, 5) is 5.18. The van der Waals surface area contributed by atoms with E-state index in [2.05, 4.69) is 319 Å². The van der Waals surface area contributed by atoms with Gasteiger partial charge in [0.15, 0.2) is 0 Å². The fourth-order valence-electron chi connectivity index (χ4n) is 14.5. The maximum Gasteiger partial charge on any atom is 0.0742 e. The summed E-state index contributed by atoms with van der Waals surface area (Å²) < 4.78 is 0. The Hall–Kier alpha value is -9.50. The van der Waals surface area contributed by atoms with E-state index >= 15 is 0 Å². The van der Waals surface area contributed by atoms with E-state index in [4.69, 9.17) is 0 Å². The molecule has 1 unspecified atom stereocenters. The van der Waals surface area contributed by atoms with Crippen LogP contribution in [0.3, 0.4) is 0 Å². The van der Waals surface area contributed by atoms with Crippen molar-refractivity contribution in [3.8, 4) is 11.1 Å². The lowest BCUT2D eigenvalue weighted by atomic mass is 9.59. The van der Waals surface area contributed by atoms with Crippen LogP contribution >= 0.6 is 0 Å². The topological polar surface area (TPSA) is 6.48 Å². The highest BCUT2D eigenvalue weighted by atomic mass is 15.2. The Morgan fingerprint density at radius 1 is 0.299 bits per heavy atom. The highest BCUT2D eigenvalue weighted by molar-refractivity contribution is 5.92. The molecule has 2 aliphatic heterocycles. The summed E-state index contributed by atoms with van der Waals surface area (Å²) in [6, 6.07) is 109. The molecule has 364 valence electrons. The lowest BCUT2D eigenvalue weighted by molar-refractivity contribution is 0.579. The molecule has 2 nitrogen and oxygen atoms in total. The Balaban J connectivity index is 0.957. The van der Waals surface area contributed by atoms with E-state index in [1.54, 1.807) is 0 Å². The largest absolute Gasteiger partial charge is 0.334 e. The lowest BCUT2D eigenvalue weighted by Gasteiger charge is -2.52. The maximum absolute atomic E-state index is 2.66. The van der Waals surface area contributed by atoms with Crippen molar-refractivity contribution in [1.82, 2.24) is 0 Å². The van der Waals surface area contributed by atoms with Crippen LogP contribution in [0.25, 0.3) is 11.1 Å². The summed E-state index contributed by atoms with van der Waals surface area (Å²) in [5, 5.41) is 0. The molecule has 15 rings (SSSR count). The molecule has 11 aromatic carbocycles. The van der Waals surface area contributed by atoms with E-state index in [1.165, 1.54) is 89.3 Å². The fourth-order valence-corrected chi connectivity index (χ4v) is 14.5. The van der Waals surface area contributed by atoms with Gasteiger partial charge in [0, 0.05) is 17.1 Å². The molecule has 77 heavy (non-hydrogen) atoms. The van der Waals surface area contributed by atoms with Gasteiger partial charge in [0.25, 0.3) is 0 Å². The number of hydrogen-bond donors (Lipinski definition) is 0. The molecule has 11 aromatic rings. The maximum atomic E-state index is 2.66. The average Bonchev–Trinajstić information content (AvgIpc) is 3.90. The molecular formula is C75H54N2. The van der Waals surface area contributed by atoms with Crippen LogP contribution < -0.4 is 9.80 Å². The van der Waals surface area contributed by atoms with Crippen LogP contribution in [0.15, 0.2) is 315 Å². The summed E-state index contributed by atoms with van der Waals surface area (Å²) in [5.74, 6) is 0. The van der Waals surface area contributed by atoms with E-state index in [9.17, 15) is 0 Å². The van der Waals surface area contributed by atoms with Gasteiger partial charge in [-0.15, -0.1) is 0 Å². The molecule has 0 N–H and O–H groups in total. The van der Waals surface area contributed by atoms with Gasteiger partial charge in [-0.3, -0.25) is 0 Å². The number of anilines is 5. The van der Waals surface area contributed by atoms with Gasteiger partial charge in [-0.05, 0) is 127 Å². The third kappa shape index (κ3) is 6.36.